The number of hydrogen-bond acceptors (Lipinski definition) is 4. The van der Waals surface area contributed by atoms with Gasteiger partial charge in [-0.05, 0) is 6.42 Å². The molecule has 86 valence electrons. The quantitative estimate of drug-likeness (QED) is 0.517. The first-order valence-electron chi connectivity index (χ1n) is 4.51. The Labute approximate surface area is 87.2 Å². The smallest absolute Gasteiger partial charge is 0.214 e. The van der Waals surface area contributed by atoms with Gasteiger partial charge in [-0.3, -0.25) is 0 Å². The van der Waals surface area contributed by atoms with Crippen molar-refractivity contribution in [3.8, 4) is 0 Å². The molecule has 0 saturated heterocycles. The van der Waals surface area contributed by atoms with Gasteiger partial charge in [0.05, 0.1) is 6.26 Å². The molecule has 0 heterocycles. The van der Waals surface area contributed by atoms with Gasteiger partial charge in [0.1, 0.15) is 0 Å². The molecule has 0 radical (unpaired) electrons. The Bertz CT molecular complexity index is 313. The molecule has 0 rings (SSSR count). The largest absolute Gasteiger partial charge is 0.224 e. The number of unbranched alkanes of at least 4 members (excludes halogenated alkanes) is 3. The molecule has 0 spiro atoms. The van der Waals surface area contributed by atoms with Crippen molar-refractivity contribution in [2.24, 2.45) is 0 Å². The first-order valence-corrected chi connectivity index (χ1v) is 7.49. The summed E-state index contributed by atoms with van der Waals surface area (Å²) in [6.07, 6.45) is 4.36. The van der Waals surface area contributed by atoms with E-state index in [1.807, 2.05) is 6.92 Å². The molecule has 0 amide bonds. The zero-order chi connectivity index (χ0) is 11.2. The lowest BCUT2D eigenvalue weighted by Crippen LogP contribution is -2.29. The van der Waals surface area contributed by atoms with Crippen LogP contribution in [0.5, 0.6) is 0 Å². The van der Waals surface area contributed by atoms with Crippen LogP contribution in [0.2, 0.25) is 0 Å². The summed E-state index contributed by atoms with van der Waals surface area (Å²) in [5, 5.41) is 0. The van der Waals surface area contributed by atoms with Crippen molar-refractivity contribution in [3.05, 3.63) is 0 Å². The summed E-state index contributed by atoms with van der Waals surface area (Å²) in [5.41, 5.74) is 0. The number of sulfonamides is 1. The van der Waals surface area contributed by atoms with Crippen LogP contribution < -0.4 is 0 Å². The Hall–Kier alpha value is -0.140. The van der Waals surface area contributed by atoms with E-state index in [-0.39, 0.29) is 6.54 Å². The maximum absolute atomic E-state index is 11.0. The van der Waals surface area contributed by atoms with Crippen molar-refractivity contribution in [1.82, 2.24) is 3.71 Å². The van der Waals surface area contributed by atoms with Crippen LogP contribution in [0, 0.1) is 0 Å². The monoisotopic (exact) mass is 243 g/mol. The van der Waals surface area contributed by atoms with Crippen LogP contribution >= 0.6 is 0 Å². The summed E-state index contributed by atoms with van der Waals surface area (Å²) in [6.45, 7) is 2.10. The second-order valence-corrected chi connectivity index (χ2v) is 6.24. The first-order chi connectivity index (χ1) is 6.39. The van der Waals surface area contributed by atoms with Crippen LogP contribution in [0.15, 0.2) is 0 Å². The SMILES string of the molecule is CCCCCCN([SH](=O)=O)S(C)(=O)=O. The molecule has 0 aromatic carbocycles. The van der Waals surface area contributed by atoms with E-state index < -0.39 is 20.9 Å². The zero-order valence-electron chi connectivity index (χ0n) is 8.47. The van der Waals surface area contributed by atoms with Crippen molar-refractivity contribution < 1.29 is 16.8 Å². The van der Waals surface area contributed by atoms with Gasteiger partial charge in [0, 0.05) is 6.54 Å². The molecule has 0 saturated carbocycles. The highest BCUT2D eigenvalue weighted by Crippen LogP contribution is 2.04. The number of rotatable bonds is 7. The third-order valence-corrected chi connectivity index (χ3v) is 4.57. The summed E-state index contributed by atoms with van der Waals surface area (Å²) in [6, 6.07) is 0. The van der Waals surface area contributed by atoms with E-state index in [4.69, 9.17) is 0 Å². The predicted molar refractivity (Wildman–Crippen MR) is 56.0 cm³/mol. The van der Waals surface area contributed by atoms with E-state index >= 15 is 0 Å². The Morgan fingerprint density at radius 2 is 1.71 bits per heavy atom. The number of nitrogens with zero attached hydrogens (tertiary/aromatic N) is 1. The van der Waals surface area contributed by atoms with E-state index in [1.165, 1.54) is 0 Å². The lowest BCUT2D eigenvalue weighted by molar-refractivity contribution is 0.498. The lowest BCUT2D eigenvalue weighted by atomic mass is 10.2. The third-order valence-electron chi connectivity index (χ3n) is 1.77. The van der Waals surface area contributed by atoms with Gasteiger partial charge in [0.15, 0.2) is 0 Å². The second kappa shape index (κ2) is 6.36. The van der Waals surface area contributed by atoms with Gasteiger partial charge in [-0.2, -0.15) is 0 Å². The van der Waals surface area contributed by atoms with Crippen molar-refractivity contribution in [2.45, 2.75) is 32.6 Å². The minimum absolute atomic E-state index is 0.0670. The van der Waals surface area contributed by atoms with E-state index in [9.17, 15) is 16.8 Å². The van der Waals surface area contributed by atoms with Crippen LogP contribution in [-0.4, -0.2) is 33.3 Å². The van der Waals surface area contributed by atoms with E-state index in [0.717, 1.165) is 25.5 Å². The summed E-state index contributed by atoms with van der Waals surface area (Å²) < 4.78 is 43.7. The van der Waals surface area contributed by atoms with Crippen molar-refractivity contribution >= 4 is 20.9 Å². The summed E-state index contributed by atoms with van der Waals surface area (Å²) in [7, 11) is -6.64. The Morgan fingerprint density at radius 1 is 1.14 bits per heavy atom. The Kier molecular flexibility index (Phi) is 6.30. The number of hydrogen-bond donors (Lipinski definition) is 1. The molecule has 0 aromatic heterocycles. The van der Waals surface area contributed by atoms with Gasteiger partial charge in [-0.1, -0.05) is 29.9 Å². The standard InChI is InChI=1S/C7H17NO4S2/c1-3-4-5-6-7-8(13(9)10)14(2,11)12/h13H,3-7H2,1-2H3. The third kappa shape index (κ3) is 5.56. The molecule has 7 heteroatoms. The van der Waals surface area contributed by atoms with E-state index in [0.29, 0.717) is 10.1 Å². The topological polar surface area (TPSA) is 71.5 Å². The van der Waals surface area contributed by atoms with Crippen LogP contribution in [0.1, 0.15) is 32.6 Å². The maximum atomic E-state index is 11.0. The highest BCUT2D eigenvalue weighted by atomic mass is 32.3. The molecule has 0 fully saturated rings. The highest BCUT2D eigenvalue weighted by Gasteiger charge is 2.17. The van der Waals surface area contributed by atoms with Crippen molar-refractivity contribution in [3.63, 3.8) is 0 Å². The van der Waals surface area contributed by atoms with Crippen LogP contribution in [0.25, 0.3) is 0 Å². The predicted octanol–water partition coefficient (Wildman–Crippen LogP) is 0.355. The fourth-order valence-electron chi connectivity index (χ4n) is 1.04. The molecule has 0 atom stereocenters. The van der Waals surface area contributed by atoms with Gasteiger partial charge in [0.25, 0.3) is 0 Å². The number of thiol groups is 1. The fraction of sp³-hybridized carbons (Fsp3) is 1.00. The normalized spacial score (nSPS) is 12.6. The summed E-state index contributed by atoms with van der Waals surface area (Å²) in [4.78, 5) is 0. The second-order valence-electron chi connectivity index (χ2n) is 3.11. The Morgan fingerprint density at radius 3 is 2.07 bits per heavy atom. The fourth-order valence-corrected chi connectivity index (χ4v) is 2.78. The van der Waals surface area contributed by atoms with Crippen LogP contribution in [0.4, 0.5) is 0 Å². The maximum Gasteiger partial charge on any atom is 0.224 e. The van der Waals surface area contributed by atoms with E-state index in [2.05, 4.69) is 0 Å². The minimum atomic E-state index is -3.61. The van der Waals surface area contributed by atoms with Gasteiger partial charge in [0.2, 0.25) is 20.9 Å². The first kappa shape index (κ1) is 13.9. The molecule has 0 bridgehead atoms. The van der Waals surface area contributed by atoms with Gasteiger partial charge in [-0.15, -0.1) is 0 Å². The molecular formula is C7H17NO4S2. The molecule has 0 aliphatic rings. The Balaban J connectivity index is 4.15. The molecule has 0 aromatic rings. The lowest BCUT2D eigenvalue weighted by Gasteiger charge is -2.11. The molecule has 0 aliphatic carbocycles. The van der Waals surface area contributed by atoms with Gasteiger partial charge < -0.3 is 0 Å². The average Bonchev–Trinajstić information content (AvgIpc) is 2.01. The van der Waals surface area contributed by atoms with Crippen LogP contribution in [-0.2, 0) is 20.9 Å². The molecular weight excluding hydrogens is 226 g/mol. The van der Waals surface area contributed by atoms with Gasteiger partial charge >= 0.3 is 0 Å². The van der Waals surface area contributed by atoms with Crippen LogP contribution in [0.3, 0.4) is 0 Å². The summed E-state index contributed by atoms with van der Waals surface area (Å²) in [5.74, 6) is 0. The van der Waals surface area contributed by atoms with Crippen molar-refractivity contribution in [1.29, 1.82) is 0 Å². The average molecular weight is 243 g/mol. The molecule has 14 heavy (non-hydrogen) atoms. The minimum Gasteiger partial charge on any atom is -0.214 e. The zero-order valence-corrected chi connectivity index (χ0v) is 10.2. The molecule has 0 unspecified atom stereocenters. The van der Waals surface area contributed by atoms with Gasteiger partial charge in [-0.25, -0.2) is 16.8 Å². The highest BCUT2D eigenvalue weighted by molar-refractivity contribution is 7.96. The molecule has 0 N–H and O–H groups in total. The summed E-state index contributed by atoms with van der Waals surface area (Å²) >= 11 is 0. The molecule has 5 nitrogen and oxygen atoms in total. The van der Waals surface area contributed by atoms with Crippen molar-refractivity contribution in [2.75, 3.05) is 12.8 Å². The molecule has 0 aliphatic heterocycles. The van der Waals surface area contributed by atoms with E-state index in [1.54, 1.807) is 0 Å².